The van der Waals surface area contributed by atoms with Crippen LogP contribution in [0.25, 0.3) is 5.76 Å². The first-order valence-corrected chi connectivity index (χ1v) is 13.7. The lowest BCUT2D eigenvalue weighted by molar-refractivity contribution is -0.122. The lowest BCUT2D eigenvalue weighted by atomic mass is 9.91. The predicted octanol–water partition coefficient (Wildman–Crippen LogP) is 9.11. The van der Waals surface area contributed by atoms with Gasteiger partial charge in [-0.25, -0.2) is 0 Å². The van der Waals surface area contributed by atoms with Crippen molar-refractivity contribution in [1.29, 1.82) is 0 Å². The predicted molar refractivity (Wildman–Crippen MR) is 147 cm³/mol. The van der Waals surface area contributed by atoms with Crippen molar-refractivity contribution in [2.24, 2.45) is 17.8 Å². The van der Waals surface area contributed by atoms with Crippen molar-refractivity contribution in [3.05, 3.63) is 66.8 Å². The molecule has 0 bridgehead atoms. The normalized spacial score (nSPS) is 17.6. The molecule has 2 rings (SSSR count). The Kier molecular flexibility index (Phi) is 13.0. The van der Waals surface area contributed by atoms with E-state index in [1.165, 1.54) is 38.5 Å². The van der Waals surface area contributed by atoms with E-state index in [-0.39, 0.29) is 5.92 Å². The van der Waals surface area contributed by atoms with Crippen molar-refractivity contribution >= 4 is 11.5 Å². The van der Waals surface area contributed by atoms with Crippen LogP contribution in [0.4, 0.5) is 0 Å². The summed E-state index contributed by atoms with van der Waals surface area (Å²) in [4.78, 5) is 12.9. The maximum Gasteiger partial charge on any atom is 0.140 e. The molecule has 1 aromatic carbocycles. The Morgan fingerprint density at radius 2 is 1.79 bits per heavy atom. The van der Waals surface area contributed by atoms with Gasteiger partial charge in [0.15, 0.2) is 0 Å². The molecule has 0 spiro atoms. The minimum absolute atomic E-state index is 0.264. The fourth-order valence-electron chi connectivity index (χ4n) is 5.19. The Morgan fingerprint density at radius 1 is 1.06 bits per heavy atom. The highest BCUT2D eigenvalue weighted by atomic mass is 16.5. The van der Waals surface area contributed by atoms with Crippen LogP contribution in [0.5, 0.6) is 0 Å². The van der Waals surface area contributed by atoms with E-state index in [1.807, 2.05) is 18.2 Å². The Balaban J connectivity index is 1.67. The Morgan fingerprint density at radius 3 is 2.47 bits per heavy atom. The first-order chi connectivity index (χ1) is 16.5. The number of benzene rings is 1. The van der Waals surface area contributed by atoms with Gasteiger partial charge in [-0.1, -0.05) is 102 Å². The number of rotatable bonds is 18. The number of unbranched alkanes of at least 4 members (excludes halogenated alkanes) is 2. The average Bonchev–Trinajstić information content (AvgIpc) is 3.33. The zero-order chi connectivity index (χ0) is 24.8. The number of carbonyl (C=O) groups is 1. The summed E-state index contributed by atoms with van der Waals surface area (Å²) < 4.78 is 5.83. The van der Waals surface area contributed by atoms with Crippen LogP contribution in [0.15, 0.2) is 55.7 Å². The lowest BCUT2D eigenvalue weighted by Crippen LogP contribution is -2.14. The number of Topliss-reactive ketones (excluding diaryl/α,β-unsaturated/α-hetero) is 1. The molecule has 1 aromatic rings. The number of hydrogen-bond donors (Lipinski definition) is 0. The van der Waals surface area contributed by atoms with E-state index in [0.29, 0.717) is 24.6 Å². The van der Waals surface area contributed by atoms with Crippen LogP contribution in [0, 0.1) is 17.8 Å². The maximum atomic E-state index is 12.9. The van der Waals surface area contributed by atoms with Gasteiger partial charge < -0.3 is 4.74 Å². The SMILES string of the molecule is C=CC(=C)CCCCCOC(=C)c1ccc(CC(=O)C2CCC(CCCC(CC)CC)C2)cc1. The van der Waals surface area contributed by atoms with Gasteiger partial charge in [0.25, 0.3) is 0 Å². The molecule has 0 saturated heterocycles. The highest BCUT2D eigenvalue weighted by Gasteiger charge is 2.29. The second-order valence-corrected chi connectivity index (χ2v) is 10.3. The first kappa shape index (κ1) is 28.1. The van der Waals surface area contributed by atoms with Crippen LogP contribution in [0.3, 0.4) is 0 Å². The smallest absolute Gasteiger partial charge is 0.140 e. The van der Waals surface area contributed by atoms with Crippen molar-refractivity contribution < 1.29 is 9.53 Å². The molecule has 0 N–H and O–H groups in total. The summed E-state index contributed by atoms with van der Waals surface area (Å²) in [5.74, 6) is 3.04. The third-order valence-electron chi connectivity index (χ3n) is 7.74. The molecule has 0 aliphatic heterocycles. The standard InChI is InChI=1S/C32H48O2/c1-6-25(4)13-10-9-11-22-34-26(5)30-19-16-29(17-20-30)24-32(33)31-21-18-28(23-31)15-12-14-27(7-2)8-3/h6,16-17,19-20,27-28,31H,1,4-5,7-15,18,21-24H2,2-3H3. The molecule has 2 atom stereocenters. The molecule has 0 radical (unpaired) electrons. The number of ether oxygens (including phenoxy) is 1. The Bertz CT molecular complexity index is 769. The second-order valence-electron chi connectivity index (χ2n) is 10.3. The van der Waals surface area contributed by atoms with E-state index in [0.717, 1.165) is 67.1 Å². The van der Waals surface area contributed by atoms with Gasteiger partial charge in [-0.15, -0.1) is 0 Å². The number of allylic oxidation sites excluding steroid dienone is 2. The van der Waals surface area contributed by atoms with Crippen LogP contribution in [0.1, 0.15) is 102 Å². The molecule has 0 amide bonds. The minimum atomic E-state index is 0.264. The number of carbonyl (C=O) groups excluding carboxylic acids is 1. The molecule has 1 aliphatic carbocycles. The van der Waals surface area contributed by atoms with E-state index in [1.54, 1.807) is 0 Å². The molecular weight excluding hydrogens is 416 g/mol. The molecule has 2 unspecified atom stereocenters. The van der Waals surface area contributed by atoms with E-state index in [9.17, 15) is 4.79 Å². The summed E-state index contributed by atoms with van der Waals surface area (Å²) >= 11 is 0. The van der Waals surface area contributed by atoms with Gasteiger partial charge >= 0.3 is 0 Å². The minimum Gasteiger partial charge on any atom is -0.494 e. The Labute approximate surface area is 209 Å². The molecule has 0 aromatic heterocycles. The van der Waals surface area contributed by atoms with E-state index in [4.69, 9.17) is 4.74 Å². The fourth-order valence-corrected chi connectivity index (χ4v) is 5.19. The van der Waals surface area contributed by atoms with Crippen molar-refractivity contribution in [1.82, 2.24) is 0 Å². The largest absolute Gasteiger partial charge is 0.494 e. The van der Waals surface area contributed by atoms with Crippen LogP contribution in [-0.2, 0) is 16.0 Å². The zero-order valence-electron chi connectivity index (χ0n) is 22.0. The second kappa shape index (κ2) is 15.7. The molecule has 2 heteroatoms. The number of ketones is 1. The summed E-state index contributed by atoms with van der Waals surface area (Å²) in [6.45, 7) is 17.1. The van der Waals surface area contributed by atoms with Gasteiger partial charge in [-0.05, 0) is 62.3 Å². The molecule has 2 nitrogen and oxygen atoms in total. The summed E-state index contributed by atoms with van der Waals surface area (Å²) in [7, 11) is 0. The average molecular weight is 465 g/mol. The molecule has 1 fully saturated rings. The molecule has 188 valence electrons. The van der Waals surface area contributed by atoms with Gasteiger partial charge in [0, 0.05) is 17.9 Å². The zero-order valence-corrected chi connectivity index (χ0v) is 22.0. The topological polar surface area (TPSA) is 26.3 Å². The summed E-state index contributed by atoms with van der Waals surface area (Å²) in [5, 5.41) is 0. The van der Waals surface area contributed by atoms with Crippen LogP contribution < -0.4 is 0 Å². The van der Waals surface area contributed by atoms with E-state index >= 15 is 0 Å². The quantitative estimate of drug-likeness (QED) is 0.123. The lowest BCUT2D eigenvalue weighted by Gasteiger charge is -2.14. The molecule has 1 aliphatic rings. The van der Waals surface area contributed by atoms with Crippen LogP contribution in [-0.4, -0.2) is 12.4 Å². The maximum absolute atomic E-state index is 12.9. The van der Waals surface area contributed by atoms with Gasteiger partial charge in [0.2, 0.25) is 0 Å². The third kappa shape index (κ3) is 10.0. The van der Waals surface area contributed by atoms with Crippen molar-refractivity contribution in [3.63, 3.8) is 0 Å². The molecule has 34 heavy (non-hydrogen) atoms. The van der Waals surface area contributed by atoms with Gasteiger partial charge in [0.1, 0.15) is 11.5 Å². The monoisotopic (exact) mass is 464 g/mol. The highest BCUT2D eigenvalue weighted by Crippen LogP contribution is 2.36. The van der Waals surface area contributed by atoms with Crippen molar-refractivity contribution in [2.75, 3.05) is 6.61 Å². The fraction of sp³-hybridized carbons (Fsp3) is 0.594. The van der Waals surface area contributed by atoms with Crippen molar-refractivity contribution in [3.8, 4) is 0 Å². The van der Waals surface area contributed by atoms with Crippen LogP contribution >= 0.6 is 0 Å². The summed E-state index contributed by atoms with van der Waals surface area (Å²) in [5.41, 5.74) is 3.19. The highest BCUT2D eigenvalue weighted by molar-refractivity contribution is 5.83. The first-order valence-electron chi connectivity index (χ1n) is 13.7. The van der Waals surface area contributed by atoms with Crippen LogP contribution in [0.2, 0.25) is 0 Å². The molecule has 1 saturated carbocycles. The third-order valence-corrected chi connectivity index (χ3v) is 7.74. The molecule has 0 heterocycles. The van der Waals surface area contributed by atoms with Crippen molar-refractivity contribution in [2.45, 2.75) is 97.3 Å². The van der Waals surface area contributed by atoms with Gasteiger partial charge in [0.05, 0.1) is 6.61 Å². The van der Waals surface area contributed by atoms with Gasteiger partial charge in [-0.2, -0.15) is 0 Å². The summed E-state index contributed by atoms with van der Waals surface area (Å²) in [6.07, 6.45) is 16.6. The van der Waals surface area contributed by atoms with Gasteiger partial charge in [-0.3, -0.25) is 4.79 Å². The van der Waals surface area contributed by atoms with E-state index in [2.05, 4.69) is 45.7 Å². The van der Waals surface area contributed by atoms with E-state index < -0.39 is 0 Å². The summed E-state index contributed by atoms with van der Waals surface area (Å²) in [6, 6.07) is 8.19. The number of hydrogen-bond acceptors (Lipinski definition) is 2. The molecular formula is C32H48O2. The Hall–Kier alpha value is -2.09.